The number of aromatic amines is 1. The Morgan fingerprint density at radius 3 is 2.51 bits per heavy atom. The number of H-pyrrole nitrogens is 1. The fourth-order valence-corrected chi connectivity index (χ4v) is 7.00. The van der Waals surface area contributed by atoms with Gasteiger partial charge in [0.25, 0.3) is 17.3 Å². The van der Waals surface area contributed by atoms with E-state index in [0.29, 0.717) is 39.3 Å². The predicted octanol–water partition coefficient (Wildman–Crippen LogP) is 5.29. The van der Waals surface area contributed by atoms with E-state index < -0.39 is 5.79 Å². The lowest BCUT2D eigenvalue weighted by molar-refractivity contribution is -0.126. The maximum Gasteiger partial charge on any atom is 0.254 e. The molecule has 1 unspecified atom stereocenters. The number of benzene rings is 1. The summed E-state index contributed by atoms with van der Waals surface area (Å²) >= 11 is 8.10. The molecule has 9 heteroatoms. The van der Waals surface area contributed by atoms with Crippen molar-refractivity contribution in [2.24, 2.45) is 11.8 Å². The second-order valence-electron chi connectivity index (χ2n) is 11.0. The molecule has 2 aromatic rings. The summed E-state index contributed by atoms with van der Waals surface area (Å²) in [5.74, 6) is 0.999. The van der Waals surface area contributed by atoms with Crippen LogP contribution in [0.5, 0.6) is 11.5 Å². The molecule has 3 aliphatic rings. The van der Waals surface area contributed by atoms with Gasteiger partial charge in [0.05, 0.1) is 5.02 Å². The zero-order valence-electron chi connectivity index (χ0n) is 22.2. The Balaban J connectivity index is 1.29. The third-order valence-corrected chi connectivity index (χ3v) is 9.30. The highest BCUT2D eigenvalue weighted by atomic mass is 35.5. The molecule has 1 amide bonds. The molecule has 2 fully saturated rings. The number of thioether (sulfide) groups is 1. The first-order valence-electron chi connectivity index (χ1n) is 13.1. The normalized spacial score (nSPS) is 25.7. The van der Waals surface area contributed by atoms with Crippen molar-refractivity contribution in [2.75, 3.05) is 19.3 Å². The number of carbonyl (C=O) groups excluding carboxylic acids is 1. The van der Waals surface area contributed by atoms with Crippen molar-refractivity contribution >= 4 is 29.3 Å². The summed E-state index contributed by atoms with van der Waals surface area (Å²) < 4.78 is 12.8. The summed E-state index contributed by atoms with van der Waals surface area (Å²) in [5, 5.41) is 3.25. The molecule has 1 saturated carbocycles. The van der Waals surface area contributed by atoms with Crippen molar-refractivity contribution in [3.63, 3.8) is 0 Å². The minimum Gasteiger partial charge on any atom is -0.448 e. The van der Waals surface area contributed by atoms with E-state index in [-0.39, 0.29) is 23.9 Å². The summed E-state index contributed by atoms with van der Waals surface area (Å²) in [4.78, 5) is 31.9. The van der Waals surface area contributed by atoms with Crippen LogP contribution in [0.25, 0.3) is 0 Å². The van der Waals surface area contributed by atoms with Crippen molar-refractivity contribution in [2.45, 2.75) is 76.6 Å². The van der Waals surface area contributed by atoms with E-state index in [1.807, 2.05) is 33.1 Å². The molecule has 7 nitrogen and oxygen atoms in total. The molecule has 0 spiro atoms. The number of nitrogens with one attached hydrogen (secondary N) is 2. The molecule has 5 rings (SSSR count). The van der Waals surface area contributed by atoms with Crippen LogP contribution in [0.4, 0.5) is 0 Å². The quantitative estimate of drug-likeness (QED) is 0.480. The van der Waals surface area contributed by atoms with Gasteiger partial charge in [-0.2, -0.15) is 0 Å². The third-order valence-electron chi connectivity index (χ3n) is 8.22. The monoisotopic (exact) mass is 545 g/mol. The van der Waals surface area contributed by atoms with Crippen LogP contribution in [0.1, 0.15) is 66.7 Å². The van der Waals surface area contributed by atoms with Crippen molar-refractivity contribution in [3.8, 4) is 11.5 Å². The van der Waals surface area contributed by atoms with E-state index >= 15 is 0 Å². The van der Waals surface area contributed by atoms with Crippen molar-refractivity contribution in [1.29, 1.82) is 0 Å². The number of amides is 1. The predicted molar refractivity (Wildman–Crippen MR) is 147 cm³/mol. The Hall–Kier alpha value is -2.16. The Labute approximate surface area is 227 Å². The van der Waals surface area contributed by atoms with Crippen LogP contribution in [-0.4, -0.2) is 47.0 Å². The van der Waals surface area contributed by atoms with Crippen molar-refractivity contribution < 1.29 is 14.3 Å². The molecule has 0 bridgehead atoms. The molecular weight excluding hydrogens is 510 g/mol. The van der Waals surface area contributed by atoms with Gasteiger partial charge in [0.15, 0.2) is 11.5 Å². The number of rotatable bonds is 6. The molecule has 2 N–H and O–H groups in total. The molecule has 1 aromatic heterocycles. The second-order valence-corrected chi connectivity index (χ2v) is 12.2. The zero-order chi connectivity index (χ0) is 26.5. The van der Waals surface area contributed by atoms with Gasteiger partial charge < -0.3 is 19.8 Å². The average molecular weight is 546 g/mol. The van der Waals surface area contributed by atoms with Gasteiger partial charge in [-0.25, -0.2) is 0 Å². The van der Waals surface area contributed by atoms with E-state index in [1.54, 1.807) is 6.07 Å². The summed E-state index contributed by atoms with van der Waals surface area (Å²) in [5.41, 5.74) is 2.23. The smallest absolute Gasteiger partial charge is 0.254 e. The highest BCUT2D eigenvalue weighted by Gasteiger charge is 2.48. The van der Waals surface area contributed by atoms with E-state index in [4.69, 9.17) is 21.1 Å². The van der Waals surface area contributed by atoms with E-state index in [9.17, 15) is 9.59 Å². The largest absolute Gasteiger partial charge is 0.448 e. The second kappa shape index (κ2) is 10.2. The SMILES string of the molecule is CSc1cc(C)[nH]c(=O)c1CNC(=O)c1cc(Cl)c2c(c1C)OC(C)(C1CCC(N3CC(C)C3)CC1)O2. The van der Waals surface area contributed by atoms with Gasteiger partial charge in [-0.15, -0.1) is 11.8 Å². The van der Waals surface area contributed by atoms with E-state index in [2.05, 4.69) is 22.1 Å². The van der Waals surface area contributed by atoms with Crippen LogP contribution < -0.4 is 20.3 Å². The number of ether oxygens (including phenoxy) is 2. The maximum absolute atomic E-state index is 13.2. The van der Waals surface area contributed by atoms with Crippen molar-refractivity contribution in [1.82, 2.24) is 15.2 Å². The van der Waals surface area contributed by atoms with Crippen LogP contribution in [-0.2, 0) is 6.54 Å². The van der Waals surface area contributed by atoms with E-state index in [1.165, 1.54) is 24.9 Å². The van der Waals surface area contributed by atoms with Gasteiger partial charge in [0.1, 0.15) is 0 Å². The standard InChI is InChI=1S/C28H36ClN3O4S/c1-15-13-32(14-15)19-8-6-18(7-9-19)28(4)35-24-17(3)20(11-22(29)25(24)36-28)26(33)30-12-21-23(37-5)10-16(2)31-27(21)34/h10-11,15,18-19H,6-9,12-14H2,1-5H3,(H,30,33)(H,31,34). The zero-order valence-corrected chi connectivity index (χ0v) is 23.8. The van der Waals surface area contributed by atoms with Crippen molar-refractivity contribution in [3.05, 3.63) is 49.9 Å². The van der Waals surface area contributed by atoms with Crippen LogP contribution in [0.15, 0.2) is 21.8 Å². The first-order chi connectivity index (χ1) is 17.6. The summed E-state index contributed by atoms with van der Waals surface area (Å²) in [7, 11) is 0. The Morgan fingerprint density at radius 2 is 1.86 bits per heavy atom. The van der Waals surface area contributed by atoms with Gasteiger partial charge in [-0.1, -0.05) is 18.5 Å². The number of halogens is 1. The van der Waals surface area contributed by atoms with Gasteiger partial charge in [0, 0.05) is 65.8 Å². The third kappa shape index (κ3) is 5.00. The molecule has 2 aliphatic heterocycles. The Morgan fingerprint density at radius 1 is 1.19 bits per heavy atom. The Kier molecular flexibility index (Phi) is 7.29. The molecule has 1 atom stereocenters. The highest BCUT2D eigenvalue weighted by Crippen LogP contribution is 2.52. The number of hydrogen-bond acceptors (Lipinski definition) is 6. The lowest BCUT2D eigenvalue weighted by Gasteiger charge is -2.47. The number of aromatic nitrogens is 1. The molecule has 1 aromatic carbocycles. The topological polar surface area (TPSA) is 83.7 Å². The Bertz CT molecular complexity index is 1270. The molecule has 37 heavy (non-hydrogen) atoms. The molecule has 1 aliphatic carbocycles. The molecular formula is C28H36ClN3O4S. The summed E-state index contributed by atoms with van der Waals surface area (Å²) in [6, 6.07) is 4.21. The maximum atomic E-state index is 13.2. The average Bonchev–Trinajstić information content (AvgIpc) is 3.23. The van der Waals surface area contributed by atoms with Crippen LogP contribution in [0.2, 0.25) is 5.02 Å². The first-order valence-corrected chi connectivity index (χ1v) is 14.7. The number of pyridine rings is 1. The number of hydrogen-bond donors (Lipinski definition) is 2. The first kappa shape index (κ1) is 26.4. The fourth-order valence-electron chi connectivity index (χ4n) is 6.06. The summed E-state index contributed by atoms with van der Waals surface area (Å²) in [6.07, 6.45) is 6.27. The number of aryl methyl sites for hydroxylation is 1. The molecule has 0 radical (unpaired) electrons. The van der Waals surface area contributed by atoms with Crippen LogP contribution in [0, 0.1) is 25.7 Å². The van der Waals surface area contributed by atoms with E-state index in [0.717, 1.165) is 42.2 Å². The van der Waals surface area contributed by atoms with Gasteiger partial charge >= 0.3 is 0 Å². The number of carbonyl (C=O) groups is 1. The lowest BCUT2D eigenvalue weighted by atomic mass is 9.79. The number of fused-ring (bicyclic) bond motifs is 1. The molecule has 1 saturated heterocycles. The minimum absolute atomic E-state index is 0.118. The lowest BCUT2D eigenvalue weighted by Crippen LogP contribution is -2.53. The van der Waals surface area contributed by atoms with Crippen LogP contribution >= 0.6 is 23.4 Å². The highest BCUT2D eigenvalue weighted by molar-refractivity contribution is 7.98. The number of likely N-dealkylation sites (tertiary alicyclic amines) is 1. The van der Waals surface area contributed by atoms with Gasteiger partial charge in [0.2, 0.25) is 0 Å². The molecule has 3 heterocycles. The fraction of sp³-hybridized carbons (Fsp3) is 0.571. The van der Waals surface area contributed by atoms with Gasteiger partial charge in [-0.05, 0) is 63.8 Å². The number of nitrogens with zero attached hydrogens (tertiary/aromatic N) is 1. The van der Waals surface area contributed by atoms with Gasteiger partial charge in [-0.3, -0.25) is 14.5 Å². The molecule has 200 valence electrons. The minimum atomic E-state index is -0.804. The van der Waals surface area contributed by atoms with Crippen LogP contribution in [0.3, 0.4) is 0 Å². The summed E-state index contributed by atoms with van der Waals surface area (Å²) in [6.45, 7) is 10.5.